The predicted molar refractivity (Wildman–Crippen MR) is 279 cm³/mol. The molecule has 0 bridgehead atoms. The molecule has 0 aliphatic heterocycles. The summed E-state index contributed by atoms with van der Waals surface area (Å²) >= 11 is 0. The Morgan fingerprint density at radius 3 is 1.14 bits per heavy atom. The number of unbranched alkanes of at least 4 members (excludes halogenated alkanes) is 21. The Morgan fingerprint density at radius 1 is 0.359 bits per heavy atom. The topological polar surface area (TPSA) is 61.8 Å². The van der Waals surface area contributed by atoms with E-state index in [4.69, 9.17) is 14.2 Å². The van der Waals surface area contributed by atoms with Gasteiger partial charge in [-0.15, -0.1) is 0 Å². The van der Waals surface area contributed by atoms with Gasteiger partial charge in [-0.2, -0.15) is 0 Å². The van der Waals surface area contributed by atoms with Gasteiger partial charge in [0.15, 0.2) is 6.10 Å². The molecule has 0 amide bonds. The van der Waals surface area contributed by atoms with Gasteiger partial charge in [-0.1, -0.05) is 227 Å². The third-order valence-corrected chi connectivity index (χ3v) is 11.1. The minimum atomic E-state index is -0.560. The molecule has 0 aliphatic carbocycles. The first-order valence-corrected chi connectivity index (χ1v) is 26.8. The van der Waals surface area contributed by atoms with Crippen molar-refractivity contribution < 1.29 is 23.8 Å². The fourth-order valence-electron chi connectivity index (χ4n) is 7.20. The lowest BCUT2D eigenvalue weighted by atomic mass is 10.0. The van der Waals surface area contributed by atoms with E-state index in [0.717, 1.165) is 109 Å². The molecule has 1 atom stereocenters. The van der Waals surface area contributed by atoms with Crippen LogP contribution in [0.1, 0.15) is 239 Å². The summed E-state index contributed by atoms with van der Waals surface area (Å²) in [5.41, 5.74) is 0. The van der Waals surface area contributed by atoms with Crippen molar-refractivity contribution in [3.63, 3.8) is 0 Å². The molecule has 0 rings (SSSR count). The van der Waals surface area contributed by atoms with Crippen LogP contribution in [0.2, 0.25) is 0 Å². The molecule has 0 heterocycles. The quantitative estimate of drug-likeness (QED) is 0.0346. The number of carbonyl (C=O) groups is 2. The SMILES string of the molecule is CC/C=C\C/C=C\C/C=C\C/C=C\C/C=C\CCCCCC(=O)OCC(COCCCCCCCC/C=C\C/C=C\C/C=C\CC)OC(=O)CCCCCCCCCCCCCCC. The molecule has 0 aromatic rings. The van der Waals surface area contributed by atoms with Crippen molar-refractivity contribution in [3.05, 3.63) is 97.2 Å². The summed E-state index contributed by atoms with van der Waals surface area (Å²) in [4.78, 5) is 25.4. The van der Waals surface area contributed by atoms with E-state index in [1.165, 1.54) is 96.3 Å². The Morgan fingerprint density at radius 2 is 0.703 bits per heavy atom. The number of hydrogen-bond acceptors (Lipinski definition) is 5. The summed E-state index contributed by atoms with van der Waals surface area (Å²) < 4.78 is 17.4. The van der Waals surface area contributed by atoms with Gasteiger partial charge in [0.1, 0.15) is 6.61 Å². The Hall–Kier alpha value is -3.18. The number of carbonyl (C=O) groups excluding carboxylic acids is 2. The minimum Gasteiger partial charge on any atom is -0.462 e. The first-order chi connectivity index (χ1) is 31.6. The minimum absolute atomic E-state index is 0.0598. The molecular weight excluding hydrogens is 789 g/mol. The fourth-order valence-corrected chi connectivity index (χ4v) is 7.20. The highest BCUT2D eigenvalue weighted by molar-refractivity contribution is 5.70. The second kappa shape index (κ2) is 54.2. The lowest BCUT2D eigenvalue weighted by molar-refractivity contribution is -0.163. The van der Waals surface area contributed by atoms with Crippen molar-refractivity contribution in [3.8, 4) is 0 Å². The van der Waals surface area contributed by atoms with E-state index in [2.05, 4.69) is 118 Å². The number of ether oxygens (including phenoxy) is 3. The first kappa shape index (κ1) is 60.8. The van der Waals surface area contributed by atoms with E-state index in [1.54, 1.807) is 0 Å². The lowest BCUT2D eigenvalue weighted by Gasteiger charge is -2.18. The van der Waals surface area contributed by atoms with Crippen molar-refractivity contribution >= 4 is 11.9 Å². The maximum atomic E-state index is 12.8. The molecule has 5 heteroatoms. The fraction of sp³-hybridized carbons (Fsp3) is 0.695. The van der Waals surface area contributed by atoms with Crippen LogP contribution in [0.4, 0.5) is 0 Å². The Bertz CT molecular complexity index is 1230. The number of rotatable bonds is 48. The van der Waals surface area contributed by atoms with Crippen LogP contribution in [0.3, 0.4) is 0 Å². The van der Waals surface area contributed by atoms with Gasteiger partial charge in [-0.25, -0.2) is 0 Å². The van der Waals surface area contributed by atoms with E-state index >= 15 is 0 Å². The van der Waals surface area contributed by atoms with E-state index < -0.39 is 6.10 Å². The van der Waals surface area contributed by atoms with Crippen LogP contribution < -0.4 is 0 Å². The zero-order valence-electron chi connectivity index (χ0n) is 42.0. The lowest BCUT2D eigenvalue weighted by Crippen LogP contribution is -2.30. The Kier molecular flexibility index (Phi) is 51.5. The third-order valence-electron chi connectivity index (χ3n) is 11.1. The molecule has 0 spiro atoms. The van der Waals surface area contributed by atoms with Crippen molar-refractivity contribution in [1.29, 1.82) is 0 Å². The summed E-state index contributed by atoms with van der Waals surface area (Å²) in [6.45, 7) is 7.55. The van der Waals surface area contributed by atoms with Crippen molar-refractivity contribution in [2.45, 2.75) is 245 Å². The van der Waals surface area contributed by atoms with Gasteiger partial charge >= 0.3 is 11.9 Å². The zero-order chi connectivity index (χ0) is 46.3. The van der Waals surface area contributed by atoms with Crippen LogP contribution >= 0.6 is 0 Å². The molecule has 1 unspecified atom stereocenters. The highest BCUT2D eigenvalue weighted by Crippen LogP contribution is 2.14. The van der Waals surface area contributed by atoms with Gasteiger partial charge < -0.3 is 14.2 Å². The predicted octanol–water partition coefficient (Wildman–Crippen LogP) is 18.2. The third kappa shape index (κ3) is 51.5. The largest absolute Gasteiger partial charge is 0.462 e. The number of esters is 2. The van der Waals surface area contributed by atoms with Gasteiger partial charge in [-0.05, 0) is 96.3 Å². The second-order valence-corrected chi connectivity index (χ2v) is 17.4. The van der Waals surface area contributed by atoms with E-state index in [-0.39, 0.29) is 25.2 Å². The van der Waals surface area contributed by atoms with Crippen LogP contribution in [0, 0.1) is 0 Å². The van der Waals surface area contributed by atoms with Crippen molar-refractivity contribution in [2.75, 3.05) is 19.8 Å². The maximum Gasteiger partial charge on any atom is 0.306 e. The molecule has 0 saturated heterocycles. The van der Waals surface area contributed by atoms with Crippen LogP contribution in [-0.2, 0) is 23.8 Å². The van der Waals surface area contributed by atoms with Crippen molar-refractivity contribution in [1.82, 2.24) is 0 Å². The average molecular weight is 889 g/mol. The van der Waals surface area contributed by atoms with Gasteiger partial charge in [-0.3, -0.25) is 9.59 Å². The summed E-state index contributed by atoms with van der Waals surface area (Å²) in [5, 5.41) is 0. The molecule has 0 radical (unpaired) electrons. The summed E-state index contributed by atoms with van der Waals surface area (Å²) in [5.74, 6) is -0.441. The van der Waals surface area contributed by atoms with E-state index in [1.807, 2.05) is 0 Å². The zero-order valence-corrected chi connectivity index (χ0v) is 42.0. The maximum absolute atomic E-state index is 12.8. The average Bonchev–Trinajstić information content (AvgIpc) is 3.30. The van der Waals surface area contributed by atoms with E-state index in [0.29, 0.717) is 19.4 Å². The highest BCUT2D eigenvalue weighted by atomic mass is 16.6. The van der Waals surface area contributed by atoms with Crippen LogP contribution in [0.15, 0.2) is 97.2 Å². The molecule has 0 aromatic heterocycles. The second-order valence-electron chi connectivity index (χ2n) is 17.4. The highest BCUT2D eigenvalue weighted by Gasteiger charge is 2.17. The molecule has 64 heavy (non-hydrogen) atoms. The summed E-state index contributed by atoms with van der Waals surface area (Å²) in [6, 6.07) is 0. The summed E-state index contributed by atoms with van der Waals surface area (Å²) in [6.07, 6.45) is 72.7. The standard InChI is InChI=1S/C59H100O5/c1-4-7-10-13-16-19-22-25-27-29-30-31-32-35-37-40-43-46-49-52-58(60)63-56-57(64-59(61)53-50-47-44-41-38-34-24-21-18-15-12-9-6-3)55-62-54-51-48-45-42-39-36-33-28-26-23-20-17-14-11-8-5-2/h7-8,10-11,16-17,19-20,25-28,30-31,35,37,57H,4-6,9,12-15,18,21-24,29,32-34,36,38-56H2,1-3H3/b10-7-,11-8-,19-16-,20-17-,27-25-,28-26-,31-30-,37-35-. The van der Waals surface area contributed by atoms with Gasteiger partial charge in [0.2, 0.25) is 0 Å². The van der Waals surface area contributed by atoms with Crippen LogP contribution in [0.5, 0.6) is 0 Å². The van der Waals surface area contributed by atoms with Crippen LogP contribution in [-0.4, -0.2) is 37.9 Å². The molecule has 5 nitrogen and oxygen atoms in total. The molecule has 0 saturated carbocycles. The normalized spacial score (nSPS) is 13.0. The molecule has 0 fully saturated rings. The molecule has 366 valence electrons. The number of hydrogen-bond donors (Lipinski definition) is 0. The van der Waals surface area contributed by atoms with Gasteiger partial charge in [0, 0.05) is 19.4 Å². The van der Waals surface area contributed by atoms with Gasteiger partial charge in [0.25, 0.3) is 0 Å². The van der Waals surface area contributed by atoms with Gasteiger partial charge in [0.05, 0.1) is 6.61 Å². The monoisotopic (exact) mass is 889 g/mol. The van der Waals surface area contributed by atoms with Crippen LogP contribution in [0.25, 0.3) is 0 Å². The van der Waals surface area contributed by atoms with Crippen molar-refractivity contribution in [2.24, 2.45) is 0 Å². The summed E-state index contributed by atoms with van der Waals surface area (Å²) in [7, 11) is 0. The molecule has 0 aromatic carbocycles. The Balaban J connectivity index is 4.35. The first-order valence-electron chi connectivity index (χ1n) is 26.8. The molecular formula is C59H100O5. The molecule has 0 N–H and O–H groups in total. The Labute approximate surface area is 396 Å². The molecule has 0 aliphatic rings. The smallest absolute Gasteiger partial charge is 0.306 e. The van der Waals surface area contributed by atoms with E-state index in [9.17, 15) is 9.59 Å². The number of allylic oxidation sites excluding steroid dienone is 16.